The largest absolute Gasteiger partial charge is 0.456 e. The van der Waals surface area contributed by atoms with Crippen LogP contribution in [-0.4, -0.2) is 19.9 Å². The first-order valence-corrected chi connectivity index (χ1v) is 17.4. The maximum Gasteiger partial charge on any atom is 0.228 e. The molecule has 0 saturated carbocycles. The molecule has 7 aromatic carbocycles. The van der Waals surface area contributed by atoms with E-state index in [1.165, 1.54) is 0 Å². The van der Waals surface area contributed by atoms with Crippen molar-refractivity contribution in [3.8, 4) is 56.7 Å². The Kier molecular flexibility index (Phi) is 6.42. The number of aromatic nitrogens is 4. The number of furan rings is 2. The molecule has 0 radical (unpaired) electrons. The number of hydrogen-bond acceptors (Lipinski definition) is 7. The zero-order chi connectivity index (χ0) is 34.9. The average Bonchev–Trinajstić information content (AvgIpc) is 3.94. The number of hydrogen-bond donors (Lipinski definition) is 0. The molecule has 11 aromatic rings. The Morgan fingerprint density at radius 1 is 0.340 bits per heavy atom. The maximum atomic E-state index is 6.71. The SMILES string of the molecule is c1ccc(-c2nc(-c3ccccc3)nc(-c3cccc(-c4cc5nc(-c6cccc7oc8ccccc8c67)oc5c5c4oc4ccccc45)c3)n2)cc1. The molecular formula is C46H26N4O3. The second-order valence-electron chi connectivity index (χ2n) is 13.0. The van der Waals surface area contributed by atoms with Gasteiger partial charge in [0.1, 0.15) is 27.8 Å². The summed E-state index contributed by atoms with van der Waals surface area (Å²) in [6.45, 7) is 0. The van der Waals surface area contributed by atoms with E-state index in [4.69, 9.17) is 33.2 Å². The molecule has 0 aliphatic carbocycles. The Balaban J connectivity index is 1.12. The molecular weight excluding hydrogens is 657 g/mol. The van der Waals surface area contributed by atoms with Crippen LogP contribution in [0.25, 0.3) is 112 Å². The molecule has 0 bridgehead atoms. The molecule has 0 aliphatic heterocycles. The predicted molar refractivity (Wildman–Crippen MR) is 209 cm³/mol. The van der Waals surface area contributed by atoms with Gasteiger partial charge in [-0.05, 0) is 42.0 Å². The van der Waals surface area contributed by atoms with Crippen molar-refractivity contribution in [1.82, 2.24) is 19.9 Å². The van der Waals surface area contributed by atoms with Crippen LogP contribution in [0.2, 0.25) is 0 Å². The monoisotopic (exact) mass is 682 g/mol. The lowest BCUT2D eigenvalue weighted by Crippen LogP contribution is -2.00. The van der Waals surface area contributed by atoms with Crippen molar-refractivity contribution in [2.45, 2.75) is 0 Å². The van der Waals surface area contributed by atoms with Crippen molar-refractivity contribution in [2.24, 2.45) is 0 Å². The highest BCUT2D eigenvalue weighted by Crippen LogP contribution is 2.44. The number of benzene rings is 7. The summed E-state index contributed by atoms with van der Waals surface area (Å²) in [5.74, 6) is 2.31. The van der Waals surface area contributed by atoms with Crippen LogP contribution in [0.15, 0.2) is 171 Å². The summed E-state index contributed by atoms with van der Waals surface area (Å²) >= 11 is 0. The molecule has 11 rings (SSSR count). The fraction of sp³-hybridized carbons (Fsp3) is 0. The van der Waals surface area contributed by atoms with Gasteiger partial charge in [0.15, 0.2) is 23.1 Å². The molecule has 0 atom stereocenters. The van der Waals surface area contributed by atoms with E-state index in [2.05, 4.69) is 30.3 Å². The molecule has 4 heterocycles. The molecule has 4 aromatic heterocycles. The average molecular weight is 683 g/mol. The van der Waals surface area contributed by atoms with Gasteiger partial charge in [-0.25, -0.2) is 19.9 Å². The summed E-state index contributed by atoms with van der Waals surface area (Å²) in [7, 11) is 0. The summed E-state index contributed by atoms with van der Waals surface area (Å²) in [4.78, 5) is 20.0. The number of nitrogens with zero attached hydrogens (tertiary/aromatic N) is 4. The molecule has 0 saturated heterocycles. The Bertz CT molecular complexity index is 3120. The van der Waals surface area contributed by atoms with Crippen LogP contribution in [0.4, 0.5) is 0 Å². The number of para-hydroxylation sites is 2. The standard InChI is InChI=1S/C46H26N4O3/c1-3-13-27(14-4-1)43-48-44(28-15-5-2-6-16-28)50-45(49-43)30-18-11-17-29(25-30)34-26-35-42(40-32-20-8-10-23-37(32)52-41(34)40)53-46(47-35)33-21-12-24-38-39(33)31-19-7-9-22-36(31)51-38/h1-26H. The van der Waals surface area contributed by atoms with E-state index < -0.39 is 0 Å². The molecule has 53 heavy (non-hydrogen) atoms. The van der Waals surface area contributed by atoms with E-state index in [1.807, 2.05) is 127 Å². The predicted octanol–water partition coefficient (Wildman–Crippen LogP) is 12.1. The first kappa shape index (κ1) is 29.4. The normalized spacial score (nSPS) is 11.8. The van der Waals surface area contributed by atoms with Crippen LogP contribution in [0.5, 0.6) is 0 Å². The van der Waals surface area contributed by atoms with Crippen LogP contribution in [0.3, 0.4) is 0 Å². The highest BCUT2D eigenvalue weighted by atomic mass is 16.4. The fourth-order valence-electron chi connectivity index (χ4n) is 7.32. The van der Waals surface area contributed by atoms with Crippen LogP contribution >= 0.6 is 0 Å². The minimum Gasteiger partial charge on any atom is -0.456 e. The van der Waals surface area contributed by atoms with Gasteiger partial charge in [-0.1, -0.05) is 121 Å². The molecule has 0 fully saturated rings. The third kappa shape index (κ3) is 4.75. The topological polar surface area (TPSA) is 91.0 Å². The maximum absolute atomic E-state index is 6.71. The molecule has 0 N–H and O–H groups in total. The van der Waals surface area contributed by atoms with Gasteiger partial charge >= 0.3 is 0 Å². The second-order valence-corrected chi connectivity index (χ2v) is 13.0. The highest BCUT2D eigenvalue weighted by Gasteiger charge is 2.23. The van der Waals surface area contributed by atoms with E-state index in [0.717, 1.165) is 82.8 Å². The lowest BCUT2D eigenvalue weighted by Gasteiger charge is -2.10. The fourth-order valence-corrected chi connectivity index (χ4v) is 7.32. The van der Waals surface area contributed by atoms with Gasteiger partial charge in [0.05, 0.1) is 5.39 Å². The van der Waals surface area contributed by atoms with Gasteiger partial charge in [0.25, 0.3) is 0 Å². The quantitative estimate of drug-likeness (QED) is 0.178. The van der Waals surface area contributed by atoms with Crippen molar-refractivity contribution in [3.63, 3.8) is 0 Å². The minimum atomic E-state index is 0.515. The van der Waals surface area contributed by atoms with Gasteiger partial charge in [0, 0.05) is 44.0 Å². The zero-order valence-electron chi connectivity index (χ0n) is 28.0. The lowest BCUT2D eigenvalue weighted by atomic mass is 9.99. The molecule has 248 valence electrons. The Hall–Kier alpha value is -7.38. The highest BCUT2D eigenvalue weighted by molar-refractivity contribution is 6.21. The Morgan fingerprint density at radius 3 is 1.60 bits per heavy atom. The van der Waals surface area contributed by atoms with E-state index in [9.17, 15) is 0 Å². The number of fused-ring (bicyclic) bond motifs is 8. The summed E-state index contributed by atoms with van der Waals surface area (Å²) < 4.78 is 19.5. The van der Waals surface area contributed by atoms with Gasteiger partial charge in [-0.15, -0.1) is 0 Å². The summed E-state index contributed by atoms with van der Waals surface area (Å²) in [6, 6.07) is 52.3. The van der Waals surface area contributed by atoms with Crippen molar-refractivity contribution in [3.05, 3.63) is 158 Å². The minimum absolute atomic E-state index is 0.515. The molecule has 0 aliphatic rings. The van der Waals surface area contributed by atoms with Gasteiger partial charge in [0.2, 0.25) is 5.89 Å². The second kappa shape index (κ2) is 11.6. The molecule has 0 spiro atoms. The van der Waals surface area contributed by atoms with Crippen molar-refractivity contribution < 1.29 is 13.3 Å². The van der Waals surface area contributed by atoms with Crippen molar-refractivity contribution in [1.29, 1.82) is 0 Å². The molecule has 0 amide bonds. The van der Waals surface area contributed by atoms with Crippen LogP contribution in [0, 0.1) is 0 Å². The summed E-state index contributed by atoms with van der Waals surface area (Å²) in [6.07, 6.45) is 0. The summed E-state index contributed by atoms with van der Waals surface area (Å²) in [5, 5.41) is 3.82. The third-order valence-electron chi connectivity index (χ3n) is 9.77. The van der Waals surface area contributed by atoms with Crippen LogP contribution < -0.4 is 0 Å². The van der Waals surface area contributed by atoms with Crippen molar-refractivity contribution in [2.75, 3.05) is 0 Å². The van der Waals surface area contributed by atoms with E-state index in [0.29, 0.717) is 28.9 Å². The first-order valence-electron chi connectivity index (χ1n) is 17.4. The van der Waals surface area contributed by atoms with Gasteiger partial charge < -0.3 is 13.3 Å². The van der Waals surface area contributed by atoms with Crippen LogP contribution in [0.1, 0.15) is 0 Å². The number of rotatable bonds is 5. The molecule has 0 unspecified atom stereocenters. The molecule has 7 nitrogen and oxygen atoms in total. The van der Waals surface area contributed by atoms with Crippen LogP contribution in [-0.2, 0) is 0 Å². The smallest absolute Gasteiger partial charge is 0.228 e. The first-order chi connectivity index (χ1) is 26.2. The van der Waals surface area contributed by atoms with Crippen molar-refractivity contribution >= 4 is 55.0 Å². The number of oxazole rings is 1. The third-order valence-corrected chi connectivity index (χ3v) is 9.77. The van der Waals surface area contributed by atoms with E-state index in [-0.39, 0.29) is 0 Å². The lowest BCUT2D eigenvalue weighted by molar-refractivity contribution is 0.622. The Morgan fingerprint density at radius 2 is 0.887 bits per heavy atom. The van der Waals surface area contributed by atoms with Gasteiger partial charge in [-0.3, -0.25) is 0 Å². The summed E-state index contributed by atoms with van der Waals surface area (Å²) in [5.41, 5.74) is 9.86. The van der Waals surface area contributed by atoms with Gasteiger partial charge in [-0.2, -0.15) is 0 Å². The zero-order valence-corrected chi connectivity index (χ0v) is 28.0. The Labute approximate surface area is 301 Å². The van der Waals surface area contributed by atoms with E-state index >= 15 is 0 Å². The van der Waals surface area contributed by atoms with E-state index in [1.54, 1.807) is 0 Å². The molecule has 7 heteroatoms.